The molecule has 1 radical (unpaired) electrons. The van der Waals surface area contributed by atoms with Crippen LogP contribution in [0.15, 0.2) is 0 Å². The summed E-state index contributed by atoms with van der Waals surface area (Å²) in [5.74, 6) is 0.688. The predicted molar refractivity (Wildman–Crippen MR) is 48.5 cm³/mol. The van der Waals surface area contributed by atoms with Crippen LogP contribution in [-0.2, 0) is 4.79 Å². The van der Waals surface area contributed by atoms with E-state index >= 15 is 0 Å². The quantitative estimate of drug-likeness (QED) is 0.617. The van der Waals surface area contributed by atoms with Gasteiger partial charge in [0.2, 0.25) is 0 Å². The van der Waals surface area contributed by atoms with Gasteiger partial charge in [-0.3, -0.25) is 4.79 Å². The molecule has 0 aliphatic carbocycles. The minimum atomic E-state index is 0.688. The van der Waals surface area contributed by atoms with E-state index in [2.05, 4.69) is 5.32 Å². The molecule has 0 saturated carbocycles. The monoisotopic (exact) mass is 169 g/mol. The fourth-order valence-electron chi connectivity index (χ4n) is 1.61. The third-order valence-corrected chi connectivity index (χ3v) is 2.45. The Labute approximate surface area is 74.1 Å². The van der Waals surface area contributed by atoms with E-state index in [0.29, 0.717) is 5.92 Å². The smallest absolute Gasteiger partial charge is 0.312 e. The lowest BCUT2D eigenvalue weighted by molar-refractivity contribution is 0.280. The van der Waals surface area contributed by atoms with Crippen LogP contribution in [0.3, 0.4) is 0 Å². The van der Waals surface area contributed by atoms with Gasteiger partial charge in [0.25, 0.3) is 0 Å². The molecular formula is C9H17N2O. The molecule has 1 fully saturated rings. The Morgan fingerprint density at radius 2 is 2.17 bits per heavy atom. The predicted octanol–water partition coefficient (Wildman–Crippen LogP) is 0.375. The van der Waals surface area contributed by atoms with Crippen LogP contribution in [0.1, 0.15) is 19.8 Å². The number of nitrogens with one attached hydrogen (secondary N) is 1. The molecule has 0 aromatic carbocycles. The van der Waals surface area contributed by atoms with Gasteiger partial charge in [-0.1, -0.05) is 0 Å². The molecular weight excluding hydrogens is 152 g/mol. The first-order valence-electron chi connectivity index (χ1n) is 4.70. The number of carbonyl (C=O) groups excluding carboxylic acids is 1. The van der Waals surface area contributed by atoms with Crippen molar-refractivity contribution >= 4 is 6.41 Å². The summed E-state index contributed by atoms with van der Waals surface area (Å²) in [6, 6.07) is 0. The van der Waals surface area contributed by atoms with Gasteiger partial charge in [0, 0.05) is 13.1 Å². The van der Waals surface area contributed by atoms with Crippen LogP contribution in [0, 0.1) is 5.92 Å². The van der Waals surface area contributed by atoms with Crippen molar-refractivity contribution < 1.29 is 4.79 Å². The lowest BCUT2D eigenvalue weighted by Crippen LogP contribution is -2.35. The Bertz CT molecular complexity index is 132. The lowest BCUT2D eigenvalue weighted by atomic mass is 9.98. The van der Waals surface area contributed by atoms with Crippen LogP contribution in [0.4, 0.5) is 0 Å². The topological polar surface area (TPSA) is 32.3 Å². The van der Waals surface area contributed by atoms with Gasteiger partial charge >= 0.3 is 6.41 Å². The minimum absolute atomic E-state index is 0.688. The van der Waals surface area contributed by atoms with Crippen molar-refractivity contribution in [1.29, 1.82) is 0 Å². The number of piperidine rings is 1. The van der Waals surface area contributed by atoms with Crippen molar-refractivity contribution in [1.82, 2.24) is 10.2 Å². The highest BCUT2D eigenvalue weighted by Crippen LogP contribution is 2.12. The molecule has 69 valence electrons. The van der Waals surface area contributed by atoms with E-state index in [0.717, 1.165) is 26.2 Å². The molecule has 0 aromatic rings. The Hall–Kier alpha value is -0.570. The Morgan fingerprint density at radius 1 is 1.50 bits per heavy atom. The Kier molecular flexibility index (Phi) is 4.08. The first-order valence-corrected chi connectivity index (χ1v) is 4.70. The number of hydrogen-bond donors (Lipinski definition) is 1. The third kappa shape index (κ3) is 2.81. The second-order valence-electron chi connectivity index (χ2n) is 3.32. The molecule has 1 N–H and O–H groups in total. The maximum absolute atomic E-state index is 10.4. The Balaban J connectivity index is 2.22. The van der Waals surface area contributed by atoms with Crippen molar-refractivity contribution in [2.45, 2.75) is 19.8 Å². The summed E-state index contributed by atoms with van der Waals surface area (Å²) in [5, 5.41) is 3.31. The van der Waals surface area contributed by atoms with E-state index < -0.39 is 0 Å². The number of rotatable bonds is 4. The van der Waals surface area contributed by atoms with Crippen LogP contribution >= 0.6 is 0 Å². The van der Waals surface area contributed by atoms with Crippen molar-refractivity contribution in [3.63, 3.8) is 0 Å². The fraction of sp³-hybridized carbons (Fsp3) is 0.889. The molecule has 1 amide bonds. The van der Waals surface area contributed by atoms with Crippen LogP contribution in [-0.4, -0.2) is 37.5 Å². The van der Waals surface area contributed by atoms with E-state index in [9.17, 15) is 4.79 Å². The summed E-state index contributed by atoms with van der Waals surface area (Å²) in [6.07, 6.45) is 4.35. The summed E-state index contributed by atoms with van der Waals surface area (Å²) in [7, 11) is 0. The van der Waals surface area contributed by atoms with Crippen LogP contribution in [0.2, 0.25) is 0 Å². The molecule has 3 nitrogen and oxygen atoms in total. The second kappa shape index (κ2) is 5.14. The summed E-state index contributed by atoms with van der Waals surface area (Å²) >= 11 is 0. The molecule has 1 saturated heterocycles. The van der Waals surface area contributed by atoms with Gasteiger partial charge in [0.1, 0.15) is 0 Å². The molecule has 12 heavy (non-hydrogen) atoms. The first-order chi connectivity index (χ1) is 5.86. The van der Waals surface area contributed by atoms with Gasteiger partial charge in [0.15, 0.2) is 0 Å². The molecule has 0 unspecified atom stereocenters. The molecule has 0 atom stereocenters. The van der Waals surface area contributed by atoms with Crippen LogP contribution < -0.4 is 5.32 Å². The maximum Gasteiger partial charge on any atom is 0.312 e. The Morgan fingerprint density at radius 3 is 2.67 bits per heavy atom. The number of hydrogen-bond acceptors (Lipinski definition) is 2. The number of amides is 1. The van der Waals surface area contributed by atoms with Crippen molar-refractivity contribution in [3.8, 4) is 0 Å². The minimum Gasteiger partial charge on any atom is -0.334 e. The van der Waals surface area contributed by atoms with E-state index in [4.69, 9.17) is 0 Å². The highest BCUT2D eigenvalue weighted by atomic mass is 16.1. The largest absolute Gasteiger partial charge is 0.334 e. The highest BCUT2D eigenvalue weighted by molar-refractivity contribution is 5.47. The van der Waals surface area contributed by atoms with Crippen molar-refractivity contribution in [2.24, 2.45) is 5.92 Å². The highest BCUT2D eigenvalue weighted by Gasteiger charge is 2.15. The van der Waals surface area contributed by atoms with Gasteiger partial charge in [-0.15, -0.1) is 0 Å². The van der Waals surface area contributed by atoms with E-state index in [1.54, 1.807) is 4.90 Å². The van der Waals surface area contributed by atoms with Crippen LogP contribution in [0.25, 0.3) is 0 Å². The molecule has 3 heteroatoms. The van der Waals surface area contributed by atoms with Gasteiger partial charge in [-0.25, -0.2) is 0 Å². The molecule has 0 aromatic heterocycles. The van der Waals surface area contributed by atoms with Gasteiger partial charge < -0.3 is 10.2 Å². The fourth-order valence-corrected chi connectivity index (χ4v) is 1.61. The number of nitrogens with zero attached hydrogens (tertiary/aromatic N) is 1. The summed E-state index contributed by atoms with van der Waals surface area (Å²) in [5.41, 5.74) is 0. The van der Waals surface area contributed by atoms with Crippen molar-refractivity contribution in [3.05, 3.63) is 0 Å². The van der Waals surface area contributed by atoms with Gasteiger partial charge in [0.05, 0.1) is 0 Å². The average molecular weight is 169 g/mol. The second-order valence-corrected chi connectivity index (χ2v) is 3.32. The lowest BCUT2D eigenvalue weighted by Gasteiger charge is -2.26. The molecule has 0 bridgehead atoms. The zero-order valence-corrected chi connectivity index (χ0v) is 7.68. The third-order valence-electron chi connectivity index (χ3n) is 2.45. The van der Waals surface area contributed by atoms with E-state index in [1.165, 1.54) is 12.8 Å². The normalized spacial score (nSPS) is 19.1. The van der Waals surface area contributed by atoms with E-state index in [1.807, 2.05) is 13.3 Å². The SMILES string of the molecule is CCN([C]=O)CC1CCNCC1. The van der Waals surface area contributed by atoms with Gasteiger partial charge in [-0.05, 0) is 38.8 Å². The van der Waals surface area contributed by atoms with Gasteiger partial charge in [-0.2, -0.15) is 0 Å². The summed E-state index contributed by atoms with van der Waals surface area (Å²) < 4.78 is 0. The molecule has 1 heterocycles. The average Bonchev–Trinajstić information content (AvgIpc) is 2.16. The maximum atomic E-state index is 10.4. The van der Waals surface area contributed by atoms with Crippen molar-refractivity contribution in [2.75, 3.05) is 26.2 Å². The molecule has 0 spiro atoms. The first kappa shape index (κ1) is 9.52. The zero-order chi connectivity index (χ0) is 8.81. The molecule has 1 aliphatic heterocycles. The zero-order valence-electron chi connectivity index (χ0n) is 7.68. The van der Waals surface area contributed by atoms with E-state index in [-0.39, 0.29) is 0 Å². The van der Waals surface area contributed by atoms with Crippen LogP contribution in [0.5, 0.6) is 0 Å². The molecule has 1 rings (SSSR count). The molecule has 1 aliphatic rings. The summed E-state index contributed by atoms with van der Waals surface area (Å²) in [6.45, 7) is 5.86. The standard InChI is InChI=1S/C9H17N2O/c1-2-11(8-12)7-9-3-5-10-6-4-9/h9-10H,2-7H2,1H3. The summed E-state index contributed by atoms with van der Waals surface area (Å²) in [4.78, 5) is 12.1.